The molecule has 4 heteroatoms. The molecule has 0 aliphatic heterocycles. The van der Waals surface area contributed by atoms with E-state index in [0.717, 1.165) is 0 Å². The summed E-state index contributed by atoms with van der Waals surface area (Å²) in [7, 11) is 0. The lowest BCUT2D eigenvalue weighted by Gasteiger charge is -2.05. The minimum Gasteiger partial charge on any atom is -0.325 e. The number of hydrogen-bond donors (Lipinski definition) is 1. The van der Waals surface area contributed by atoms with E-state index in [4.69, 9.17) is 10.7 Å². The number of nitriles is 1. The molecule has 0 aliphatic rings. The number of H-pyrrole nitrogens is 1. The van der Waals surface area contributed by atoms with Crippen LogP contribution in [-0.4, -0.2) is 9.97 Å². The lowest BCUT2D eigenvalue weighted by atomic mass is 10.0. The van der Waals surface area contributed by atoms with Gasteiger partial charge in [-0.2, -0.15) is 5.26 Å². The van der Waals surface area contributed by atoms with Crippen LogP contribution in [0.5, 0.6) is 0 Å². The van der Waals surface area contributed by atoms with Gasteiger partial charge in [-0.15, -0.1) is 0 Å². The lowest BCUT2D eigenvalue weighted by Crippen LogP contribution is -2.11. The molecule has 0 aromatic carbocycles. The number of aryl methyl sites for hydroxylation is 1. The van der Waals surface area contributed by atoms with E-state index in [-0.39, 0.29) is 28.8 Å². The normalized spacial score (nSPS) is 13.2. The van der Waals surface area contributed by atoms with Crippen molar-refractivity contribution in [3.8, 4) is 17.2 Å². The van der Waals surface area contributed by atoms with E-state index in [0.29, 0.717) is 5.69 Å². The second-order valence-corrected chi connectivity index (χ2v) is 3.12. The highest BCUT2D eigenvalue weighted by molar-refractivity contribution is 5.66. The van der Waals surface area contributed by atoms with Crippen molar-refractivity contribution in [1.29, 1.82) is 5.26 Å². The Labute approximate surface area is 97.8 Å². The van der Waals surface area contributed by atoms with Crippen molar-refractivity contribution in [3.05, 3.63) is 52.1 Å². The molecule has 0 unspecified atom stereocenters. The third-order valence-corrected chi connectivity index (χ3v) is 2.10. The van der Waals surface area contributed by atoms with Gasteiger partial charge in [0.2, 0.25) is 0 Å². The van der Waals surface area contributed by atoms with Crippen molar-refractivity contribution in [3.63, 3.8) is 0 Å². The molecular weight excluding hydrogens is 202 g/mol. The van der Waals surface area contributed by atoms with Crippen LogP contribution in [0.15, 0.2) is 35.3 Å². The molecule has 2 aromatic heterocycles. The fourth-order valence-electron chi connectivity index (χ4n) is 1.33. The maximum Gasteiger partial charge on any atom is 0.266 e. The van der Waals surface area contributed by atoms with Crippen LogP contribution in [0.25, 0.3) is 11.1 Å². The molecule has 2 aromatic rings. The number of nitrogens with one attached hydrogen (secondary N) is 1. The van der Waals surface area contributed by atoms with Gasteiger partial charge in [-0.05, 0) is 30.6 Å². The lowest BCUT2D eigenvalue weighted by molar-refractivity contribution is 1.13. The van der Waals surface area contributed by atoms with E-state index in [2.05, 4.69) is 9.97 Å². The van der Waals surface area contributed by atoms with Crippen LogP contribution in [0.2, 0.25) is 0 Å². The topological polar surface area (TPSA) is 69.5 Å². The molecule has 0 aliphatic carbocycles. The first kappa shape index (κ1) is 6.23. The molecular formula is C12H9N3O. The van der Waals surface area contributed by atoms with Crippen molar-refractivity contribution >= 4 is 0 Å². The molecule has 0 amide bonds. The summed E-state index contributed by atoms with van der Waals surface area (Å²) in [5.41, 5.74) is -0.0564. The molecule has 2 rings (SSSR count). The summed E-state index contributed by atoms with van der Waals surface area (Å²) in [6, 6.07) is 2.36. The minimum atomic E-state index is -0.557. The fraction of sp³-hybridized carbons (Fsp3) is 0.0833. The summed E-state index contributed by atoms with van der Waals surface area (Å²) in [6.07, 6.45) is -0.852. The van der Waals surface area contributed by atoms with Gasteiger partial charge in [0.05, 0.1) is 5.48 Å². The van der Waals surface area contributed by atoms with Crippen LogP contribution in [0.1, 0.15) is 16.7 Å². The Hall–Kier alpha value is -2.41. The number of rotatable bonds is 1. The summed E-state index contributed by atoms with van der Waals surface area (Å²) in [6.45, 7) is 1.56. The Morgan fingerprint density at radius 2 is 2.19 bits per heavy atom. The number of pyridine rings is 2. The van der Waals surface area contributed by atoms with Crippen LogP contribution in [0.3, 0.4) is 0 Å². The van der Waals surface area contributed by atoms with E-state index in [9.17, 15) is 4.79 Å². The molecule has 0 spiro atoms. The van der Waals surface area contributed by atoms with Crippen LogP contribution in [0, 0.1) is 18.3 Å². The zero-order valence-electron chi connectivity index (χ0n) is 12.4. The first-order valence-corrected chi connectivity index (χ1v) is 4.45. The second-order valence-electron chi connectivity index (χ2n) is 3.12. The Balaban J connectivity index is 2.89. The maximum atomic E-state index is 11.5. The highest BCUT2D eigenvalue weighted by Crippen LogP contribution is 2.20. The fourth-order valence-corrected chi connectivity index (χ4v) is 1.33. The predicted octanol–water partition coefficient (Wildman–Crippen LogP) is 1.62. The smallest absolute Gasteiger partial charge is 0.266 e. The van der Waals surface area contributed by atoms with Gasteiger partial charge in [-0.1, -0.05) is 0 Å². The van der Waals surface area contributed by atoms with Crippen molar-refractivity contribution in [1.82, 2.24) is 9.97 Å². The Kier molecular flexibility index (Phi) is 1.55. The molecule has 0 saturated heterocycles. The minimum absolute atomic E-state index is 0.0141. The first-order chi connectivity index (χ1) is 9.36. The molecule has 1 N–H and O–H groups in total. The maximum absolute atomic E-state index is 11.5. The molecule has 0 atom stereocenters. The zero-order valence-corrected chi connectivity index (χ0v) is 8.38. The summed E-state index contributed by atoms with van der Waals surface area (Å²) in [4.78, 5) is 17.4. The molecule has 2 heterocycles. The summed E-state index contributed by atoms with van der Waals surface area (Å²) in [5.74, 6) is 0. The monoisotopic (exact) mass is 215 g/mol. The highest BCUT2D eigenvalue weighted by Gasteiger charge is 2.06. The summed E-state index contributed by atoms with van der Waals surface area (Å²) < 4.78 is 30.7. The standard InChI is InChI=1S/C12H9N3O/c1-8-11(9-2-4-14-5-3-9)6-10(7-13)12(16)15-8/h2-6H,1H3,(H,15,16)/i2D,3D,4D,5D. The average molecular weight is 215 g/mol. The SMILES string of the molecule is [2H]c1nc([2H])c([2H])c(-c2cc(C#N)c(=O)[nH]c2C)c1[2H]. The van der Waals surface area contributed by atoms with Gasteiger partial charge in [0.25, 0.3) is 5.56 Å². The van der Waals surface area contributed by atoms with E-state index in [1.54, 1.807) is 13.0 Å². The van der Waals surface area contributed by atoms with Crippen molar-refractivity contribution < 1.29 is 5.48 Å². The van der Waals surface area contributed by atoms with Gasteiger partial charge in [0.1, 0.15) is 11.6 Å². The van der Waals surface area contributed by atoms with E-state index >= 15 is 0 Å². The first-order valence-electron chi connectivity index (χ1n) is 6.45. The van der Waals surface area contributed by atoms with Gasteiger partial charge < -0.3 is 4.98 Å². The van der Waals surface area contributed by atoms with Gasteiger partial charge >= 0.3 is 0 Å². The quantitative estimate of drug-likeness (QED) is 0.785. The van der Waals surface area contributed by atoms with Crippen LogP contribution < -0.4 is 5.56 Å². The molecule has 0 saturated carbocycles. The van der Waals surface area contributed by atoms with Gasteiger partial charge in [-0.25, -0.2) is 0 Å². The molecule has 78 valence electrons. The number of hydrogen-bond acceptors (Lipinski definition) is 3. The third-order valence-electron chi connectivity index (χ3n) is 2.10. The Morgan fingerprint density at radius 1 is 1.50 bits per heavy atom. The second kappa shape index (κ2) is 3.99. The highest BCUT2D eigenvalue weighted by atomic mass is 16.1. The van der Waals surface area contributed by atoms with E-state index in [1.165, 1.54) is 6.07 Å². The largest absolute Gasteiger partial charge is 0.325 e. The Morgan fingerprint density at radius 3 is 2.81 bits per heavy atom. The van der Waals surface area contributed by atoms with Gasteiger partial charge in [0, 0.05) is 23.6 Å². The summed E-state index contributed by atoms with van der Waals surface area (Å²) >= 11 is 0. The van der Waals surface area contributed by atoms with Crippen molar-refractivity contribution in [2.75, 3.05) is 0 Å². The van der Waals surface area contributed by atoms with Gasteiger partial charge in [-0.3, -0.25) is 9.78 Å². The average Bonchev–Trinajstić information content (AvgIpc) is 2.39. The molecule has 4 nitrogen and oxygen atoms in total. The van der Waals surface area contributed by atoms with Crippen LogP contribution >= 0.6 is 0 Å². The zero-order chi connectivity index (χ0) is 15.0. The number of aromatic amines is 1. The van der Waals surface area contributed by atoms with Crippen molar-refractivity contribution in [2.24, 2.45) is 0 Å². The Bertz CT molecular complexity index is 782. The molecule has 16 heavy (non-hydrogen) atoms. The molecule has 0 fully saturated rings. The van der Waals surface area contributed by atoms with Crippen molar-refractivity contribution in [2.45, 2.75) is 6.92 Å². The number of nitrogens with zero attached hydrogens (tertiary/aromatic N) is 2. The third kappa shape index (κ3) is 1.71. The molecule has 0 radical (unpaired) electrons. The van der Waals surface area contributed by atoms with Gasteiger partial charge in [0.15, 0.2) is 0 Å². The van der Waals surface area contributed by atoms with Crippen LogP contribution in [0.4, 0.5) is 0 Å². The summed E-state index contributed by atoms with van der Waals surface area (Å²) in [5, 5.41) is 8.88. The number of aromatic nitrogens is 2. The van der Waals surface area contributed by atoms with E-state index < -0.39 is 17.9 Å². The van der Waals surface area contributed by atoms with Crippen LogP contribution in [-0.2, 0) is 0 Å². The molecule has 0 bridgehead atoms. The predicted molar refractivity (Wildman–Crippen MR) is 59.7 cm³/mol. The van der Waals surface area contributed by atoms with E-state index in [1.807, 2.05) is 0 Å².